The molecule has 1 aliphatic rings. The van der Waals surface area contributed by atoms with Crippen LogP contribution in [0.4, 0.5) is 0 Å². The third kappa shape index (κ3) is 2.16. The van der Waals surface area contributed by atoms with Crippen molar-refractivity contribution in [1.82, 2.24) is 0 Å². The summed E-state index contributed by atoms with van der Waals surface area (Å²) in [5.41, 5.74) is 2.62. The van der Waals surface area contributed by atoms with Crippen molar-refractivity contribution in [3.8, 4) is 0 Å². The summed E-state index contributed by atoms with van der Waals surface area (Å²) in [5.74, 6) is 0. The quantitative estimate of drug-likeness (QED) is 0.660. The first-order valence-corrected chi connectivity index (χ1v) is 5.42. The van der Waals surface area contributed by atoms with E-state index in [1.54, 1.807) is 0 Å². The summed E-state index contributed by atoms with van der Waals surface area (Å²) in [5, 5.41) is 0. The summed E-state index contributed by atoms with van der Waals surface area (Å²) in [6.07, 6.45) is 1.15. The van der Waals surface area contributed by atoms with Gasteiger partial charge in [-0.25, -0.2) is 0 Å². The van der Waals surface area contributed by atoms with Gasteiger partial charge < -0.3 is 4.74 Å². The summed E-state index contributed by atoms with van der Waals surface area (Å²) in [6.45, 7) is 9.17. The van der Waals surface area contributed by atoms with Gasteiger partial charge in [-0.2, -0.15) is 0 Å². The molecule has 1 nitrogen and oxygen atoms in total. The molecule has 0 spiro atoms. The first-order chi connectivity index (χ1) is 6.71. The van der Waals surface area contributed by atoms with Crippen molar-refractivity contribution in [2.24, 2.45) is 0 Å². The van der Waals surface area contributed by atoms with Crippen molar-refractivity contribution in [3.63, 3.8) is 0 Å². The molecule has 1 atom stereocenters. The van der Waals surface area contributed by atoms with Gasteiger partial charge in [0.25, 0.3) is 0 Å². The largest absolute Gasteiger partial charge is 0.370 e. The van der Waals surface area contributed by atoms with Gasteiger partial charge in [-0.3, -0.25) is 0 Å². The van der Waals surface area contributed by atoms with Crippen LogP contribution in [0.2, 0.25) is 0 Å². The SMILES string of the molecule is CC.Cc1ccc(C2(C)CCO2)cc1. The first-order valence-electron chi connectivity index (χ1n) is 5.42. The molecule has 0 aromatic heterocycles. The number of ether oxygens (including phenoxy) is 1. The van der Waals surface area contributed by atoms with E-state index in [9.17, 15) is 0 Å². The summed E-state index contributed by atoms with van der Waals surface area (Å²) in [4.78, 5) is 0. The molecule has 1 aliphatic heterocycles. The lowest BCUT2D eigenvalue weighted by Crippen LogP contribution is -2.37. The number of rotatable bonds is 1. The summed E-state index contributed by atoms with van der Waals surface area (Å²) >= 11 is 0. The zero-order valence-corrected chi connectivity index (χ0v) is 9.63. The van der Waals surface area contributed by atoms with E-state index in [4.69, 9.17) is 4.74 Å². The second-order valence-electron chi connectivity index (χ2n) is 3.70. The lowest BCUT2D eigenvalue weighted by atomic mass is 9.88. The fraction of sp³-hybridized carbons (Fsp3) is 0.538. The smallest absolute Gasteiger partial charge is 0.0925 e. The molecule has 0 saturated carbocycles. The average molecular weight is 192 g/mol. The molecular weight excluding hydrogens is 172 g/mol. The highest BCUT2D eigenvalue weighted by molar-refractivity contribution is 5.27. The number of aryl methyl sites for hydroxylation is 1. The van der Waals surface area contributed by atoms with Crippen molar-refractivity contribution in [3.05, 3.63) is 35.4 Å². The topological polar surface area (TPSA) is 9.23 Å². The van der Waals surface area contributed by atoms with Crippen LogP contribution in [0.3, 0.4) is 0 Å². The molecular formula is C13H20O. The zero-order valence-electron chi connectivity index (χ0n) is 9.63. The van der Waals surface area contributed by atoms with Gasteiger partial charge >= 0.3 is 0 Å². The standard InChI is InChI=1S/C11H14O.C2H6/c1-9-3-5-10(6-4-9)11(2)7-8-12-11;1-2/h3-6H,7-8H2,1-2H3;1-2H3. The fourth-order valence-electron chi connectivity index (χ4n) is 1.54. The molecule has 1 fully saturated rings. The van der Waals surface area contributed by atoms with Crippen LogP contribution in [0, 0.1) is 6.92 Å². The van der Waals surface area contributed by atoms with Crippen LogP contribution in [-0.4, -0.2) is 6.61 Å². The molecule has 2 rings (SSSR count). The minimum absolute atomic E-state index is 0.00764. The molecule has 1 aromatic carbocycles. The fourth-order valence-corrected chi connectivity index (χ4v) is 1.54. The van der Waals surface area contributed by atoms with E-state index < -0.39 is 0 Å². The Bertz CT molecular complexity index is 270. The van der Waals surface area contributed by atoms with Crippen molar-refractivity contribution >= 4 is 0 Å². The Balaban J connectivity index is 0.000000461. The van der Waals surface area contributed by atoms with Gasteiger partial charge in [-0.1, -0.05) is 43.7 Å². The predicted octanol–water partition coefficient (Wildman–Crippen LogP) is 3.66. The van der Waals surface area contributed by atoms with E-state index in [0.29, 0.717) is 0 Å². The molecule has 1 heterocycles. The van der Waals surface area contributed by atoms with Gasteiger partial charge in [0.05, 0.1) is 12.2 Å². The van der Waals surface area contributed by atoms with Crippen LogP contribution in [0.5, 0.6) is 0 Å². The Kier molecular flexibility index (Phi) is 3.70. The van der Waals surface area contributed by atoms with Gasteiger partial charge in [0, 0.05) is 6.42 Å². The maximum Gasteiger partial charge on any atom is 0.0925 e. The molecule has 78 valence electrons. The molecule has 1 heteroatoms. The van der Waals surface area contributed by atoms with Gasteiger partial charge in [-0.05, 0) is 19.4 Å². The van der Waals surface area contributed by atoms with Gasteiger partial charge in [0.15, 0.2) is 0 Å². The van der Waals surface area contributed by atoms with Crippen molar-refractivity contribution in [2.75, 3.05) is 6.61 Å². The van der Waals surface area contributed by atoms with Gasteiger partial charge in [0.2, 0.25) is 0 Å². The van der Waals surface area contributed by atoms with E-state index in [1.165, 1.54) is 11.1 Å². The van der Waals surface area contributed by atoms with Crippen LogP contribution in [0.1, 0.15) is 38.3 Å². The minimum Gasteiger partial charge on any atom is -0.370 e. The second kappa shape index (κ2) is 4.61. The highest BCUT2D eigenvalue weighted by Crippen LogP contribution is 2.36. The van der Waals surface area contributed by atoms with E-state index in [1.807, 2.05) is 13.8 Å². The summed E-state index contributed by atoms with van der Waals surface area (Å²) in [6, 6.07) is 8.60. The lowest BCUT2D eigenvalue weighted by Gasteiger charge is -2.39. The molecule has 0 amide bonds. The van der Waals surface area contributed by atoms with Crippen molar-refractivity contribution in [2.45, 2.75) is 39.7 Å². The lowest BCUT2D eigenvalue weighted by molar-refractivity contribution is -0.140. The monoisotopic (exact) mass is 192 g/mol. The summed E-state index contributed by atoms with van der Waals surface area (Å²) in [7, 11) is 0. The van der Waals surface area contributed by atoms with Crippen molar-refractivity contribution in [1.29, 1.82) is 0 Å². The molecule has 1 unspecified atom stereocenters. The molecule has 0 aliphatic carbocycles. The Morgan fingerprint density at radius 2 is 1.64 bits per heavy atom. The van der Waals surface area contributed by atoms with Crippen LogP contribution < -0.4 is 0 Å². The van der Waals surface area contributed by atoms with E-state index in [2.05, 4.69) is 38.1 Å². The number of hydrogen-bond acceptors (Lipinski definition) is 1. The van der Waals surface area contributed by atoms with E-state index in [-0.39, 0.29) is 5.60 Å². The van der Waals surface area contributed by atoms with Gasteiger partial charge in [-0.15, -0.1) is 0 Å². The Morgan fingerprint density at radius 3 is 2.00 bits per heavy atom. The van der Waals surface area contributed by atoms with E-state index in [0.717, 1.165) is 13.0 Å². The Hall–Kier alpha value is -0.820. The third-order valence-electron chi connectivity index (χ3n) is 2.66. The van der Waals surface area contributed by atoms with Crippen LogP contribution in [0.15, 0.2) is 24.3 Å². The van der Waals surface area contributed by atoms with Crippen LogP contribution in [0.25, 0.3) is 0 Å². The second-order valence-corrected chi connectivity index (χ2v) is 3.70. The molecule has 1 saturated heterocycles. The van der Waals surface area contributed by atoms with Crippen LogP contribution >= 0.6 is 0 Å². The molecule has 0 bridgehead atoms. The normalized spacial score (nSPS) is 24.6. The third-order valence-corrected chi connectivity index (χ3v) is 2.66. The Morgan fingerprint density at radius 1 is 1.14 bits per heavy atom. The minimum atomic E-state index is 0.00764. The van der Waals surface area contributed by atoms with Crippen LogP contribution in [-0.2, 0) is 10.3 Å². The molecule has 14 heavy (non-hydrogen) atoms. The summed E-state index contributed by atoms with van der Waals surface area (Å²) < 4.78 is 5.54. The average Bonchev–Trinajstić information content (AvgIpc) is 2.19. The highest BCUT2D eigenvalue weighted by atomic mass is 16.5. The maximum absolute atomic E-state index is 5.54. The molecule has 1 aromatic rings. The first kappa shape index (κ1) is 11.3. The van der Waals surface area contributed by atoms with Gasteiger partial charge in [0.1, 0.15) is 0 Å². The predicted molar refractivity (Wildman–Crippen MR) is 60.4 cm³/mol. The zero-order chi connectivity index (χ0) is 10.6. The molecule has 0 radical (unpaired) electrons. The van der Waals surface area contributed by atoms with Crippen molar-refractivity contribution < 1.29 is 4.74 Å². The number of hydrogen-bond donors (Lipinski definition) is 0. The molecule has 0 N–H and O–H groups in total. The van der Waals surface area contributed by atoms with E-state index >= 15 is 0 Å². The Labute approximate surface area is 87.1 Å². The number of benzene rings is 1. The maximum atomic E-state index is 5.54. The highest BCUT2D eigenvalue weighted by Gasteiger charge is 2.34.